The van der Waals surface area contributed by atoms with Gasteiger partial charge in [-0.3, -0.25) is 4.72 Å². The van der Waals surface area contributed by atoms with Crippen molar-refractivity contribution in [2.24, 2.45) is 5.14 Å². The van der Waals surface area contributed by atoms with Crippen molar-refractivity contribution in [3.05, 3.63) is 108 Å². The number of anilines is 1. The number of nitrogens with two attached hydrogens (primary N) is 1. The summed E-state index contributed by atoms with van der Waals surface area (Å²) in [7, 11) is -7.23. The summed E-state index contributed by atoms with van der Waals surface area (Å²) >= 11 is 5.84. The molecule has 0 atom stereocenters. The van der Waals surface area contributed by atoms with Gasteiger partial charge in [0.25, 0.3) is 10.0 Å². The van der Waals surface area contributed by atoms with E-state index in [2.05, 4.69) is 4.72 Å². The number of sulfonamides is 2. The summed E-state index contributed by atoms with van der Waals surface area (Å²) in [6, 6.07) is 23.6. The van der Waals surface area contributed by atoms with Crippen molar-refractivity contribution in [2.45, 2.75) is 16.7 Å². The van der Waals surface area contributed by atoms with E-state index < -0.39 is 25.9 Å². The average Bonchev–Trinajstić information content (AvgIpc) is 3.16. The summed E-state index contributed by atoms with van der Waals surface area (Å²) < 4.78 is 63.8. The van der Waals surface area contributed by atoms with Crippen molar-refractivity contribution < 1.29 is 21.2 Å². The van der Waals surface area contributed by atoms with Crippen molar-refractivity contribution in [3.8, 4) is 5.69 Å². The molecule has 1 aromatic heterocycles. The molecule has 4 rings (SSSR count). The van der Waals surface area contributed by atoms with Crippen molar-refractivity contribution in [3.63, 3.8) is 0 Å². The Hall–Kier alpha value is -3.18. The van der Waals surface area contributed by atoms with E-state index in [9.17, 15) is 21.2 Å². The smallest absolute Gasteiger partial charge is 0.263 e. The van der Waals surface area contributed by atoms with E-state index in [1.165, 1.54) is 42.5 Å². The van der Waals surface area contributed by atoms with Crippen molar-refractivity contribution in [1.29, 1.82) is 0 Å². The van der Waals surface area contributed by atoms with Crippen LogP contribution in [0, 0.1) is 12.7 Å². The minimum Gasteiger partial charge on any atom is -0.300 e. The lowest BCUT2D eigenvalue weighted by Gasteiger charge is -2.14. The molecule has 0 saturated heterocycles. The van der Waals surface area contributed by atoms with Gasteiger partial charge in [0, 0.05) is 11.4 Å². The van der Waals surface area contributed by atoms with Crippen molar-refractivity contribution in [1.82, 2.24) is 4.57 Å². The number of benzene rings is 3. The zero-order valence-electron chi connectivity index (χ0n) is 17.9. The molecule has 0 aliphatic heterocycles. The van der Waals surface area contributed by atoms with Crippen LogP contribution in [0.1, 0.15) is 5.69 Å². The number of nitrogens with one attached hydrogen (secondary N) is 1. The van der Waals surface area contributed by atoms with Gasteiger partial charge >= 0.3 is 0 Å². The Balaban J connectivity index is 0.000000271. The second-order valence-electron chi connectivity index (χ2n) is 7.07. The fourth-order valence-electron chi connectivity index (χ4n) is 2.99. The summed E-state index contributed by atoms with van der Waals surface area (Å²) in [5.41, 5.74) is 1.35. The number of rotatable bonds is 5. The van der Waals surface area contributed by atoms with Crippen LogP contribution in [0.5, 0.6) is 0 Å². The highest BCUT2D eigenvalue weighted by Crippen LogP contribution is 2.26. The van der Waals surface area contributed by atoms with Gasteiger partial charge in [0.05, 0.1) is 14.8 Å². The van der Waals surface area contributed by atoms with Crippen LogP contribution in [0.3, 0.4) is 0 Å². The second kappa shape index (κ2) is 10.4. The summed E-state index contributed by atoms with van der Waals surface area (Å²) in [5.74, 6) is -0.185. The van der Waals surface area contributed by atoms with Gasteiger partial charge in [0.1, 0.15) is 11.6 Å². The summed E-state index contributed by atoms with van der Waals surface area (Å²) in [4.78, 5) is 0.308. The highest BCUT2D eigenvalue weighted by molar-refractivity contribution is 7.92. The van der Waals surface area contributed by atoms with Crippen LogP contribution in [0.2, 0.25) is 5.02 Å². The molecule has 3 aromatic carbocycles. The van der Waals surface area contributed by atoms with Crippen LogP contribution in [0.15, 0.2) is 101 Å². The Morgan fingerprint density at radius 3 is 1.88 bits per heavy atom. The molecule has 0 radical (unpaired) electrons. The molecule has 34 heavy (non-hydrogen) atoms. The predicted octanol–water partition coefficient (Wildman–Crippen LogP) is 4.71. The first-order chi connectivity index (χ1) is 16.0. The second-order valence-corrected chi connectivity index (χ2v) is 10.7. The minimum atomic E-state index is -3.73. The Labute approximate surface area is 202 Å². The topological polar surface area (TPSA) is 111 Å². The molecule has 0 aliphatic carbocycles. The standard InChI is InChI=1S/C17H14ClFN2O2S.C6H7NO2S/c1-12-7-10-17(20-24(22,23)14-5-3-2-4-6-14)21(12)13-8-9-16(19)15(18)11-13;7-10(8,9)6-4-2-1-3-5-6/h2-11,20H,1H3;1-5H,(H2,7,8,9). The number of primary sulfonamides is 1. The molecule has 0 bridgehead atoms. The first kappa shape index (κ1) is 25.4. The highest BCUT2D eigenvalue weighted by Gasteiger charge is 2.17. The first-order valence-electron chi connectivity index (χ1n) is 9.78. The van der Waals surface area contributed by atoms with Gasteiger partial charge < -0.3 is 4.57 Å². The molecule has 1 heterocycles. The zero-order chi connectivity index (χ0) is 24.9. The molecule has 178 valence electrons. The van der Waals surface area contributed by atoms with E-state index >= 15 is 0 Å². The van der Waals surface area contributed by atoms with Crippen LogP contribution < -0.4 is 9.86 Å². The van der Waals surface area contributed by atoms with Crippen LogP contribution >= 0.6 is 11.6 Å². The van der Waals surface area contributed by atoms with E-state index in [-0.39, 0.29) is 14.8 Å². The van der Waals surface area contributed by atoms with E-state index in [0.717, 1.165) is 5.69 Å². The predicted molar refractivity (Wildman–Crippen MR) is 131 cm³/mol. The molecule has 0 amide bonds. The Kier molecular flexibility index (Phi) is 7.78. The maximum absolute atomic E-state index is 13.4. The molecule has 11 heteroatoms. The summed E-state index contributed by atoms with van der Waals surface area (Å²) in [6.07, 6.45) is 0. The van der Waals surface area contributed by atoms with E-state index in [0.29, 0.717) is 11.5 Å². The van der Waals surface area contributed by atoms with Gasteiger partial charge in [-0.05, 0) is 61.5 Å². The fraction of sp³-hybridized carbons (Fsp3) is 0.0435. The minimum absolute atomic E-state index is 0.0301. The quantitative estimate of drug-likeness (QED) is 0.396. The first-order valence-corrected chi connectivity index (χ1v) is 13.2. The molecule has 0 spiro atoms. The van der Waals surface area contributed by atoms with E-state index in [1.54, 1.807) is 53.1 Å². The van der Waals surface area contributed by atoms with Crippen LogP contribution in [-0.4, -0.2) is 21.4 Å². The normalized spacial score (nSPS) is 11.4. The molecule has 0 unspecified atom stereocenters. The molecular weight excluding hydrogens is 501 g/mol. The number of halogens is 2. The monoisotopic (exact) mass is 521 g/mol. The molecule has 0 aliphatic rings. The molecule has 3 N–H and O–H groups in total. The van der Waals surface area contributed by atoms with Crippen molar-refractivity contribution >= 4 is 37.5 Å². The molecular formula is C23H21ClFN3O4S2. The molecule has 4 aromatic rings. The van der Waals surface area contributed by atoms with Crippen LogP contribution in [0.25, 0.3) is 5.69 Å². The Morgan fingerprint density at radius 1 is 0.824 bits per heavy atom. The zero-order valence-corrected chi connectivity index (χ0v) is 20.3. The SMILES string of the molecule is Cc1ccc(NS(=O)(=O)c2ccccc2)n1-c1ccc(F)c(Cl)c1.NS(=O)(=O)c1ccccc1. The lowest BCUT2D eigenvalue weighted by Crippen LogP contribution is -2.15. The lowest BCUT2D eigenvalue weighted by atomic mass is 10.3. The Morgan fingerprint density at radius 2 is 1.38 bits per heavy atom. The van der Waals surface area contributed by atoms with Gasteiger partial charge in [-0.15, -0.1) is 0 Å². The van der Waals surface area contributed by atoms with Crippen LogP contribution in [-0.2, 0) is 20.0 Å². The highest BCUT2D eigenvalue weighted by atomic mass is 35.5. The third-order valence-electron chi connectivity index (χ3n) is 4.60. The lowest BCUT2D eigenvalue weighted by molar-refractivity contribution is 0.597. The largest absolute Gasteiger partial charge is 0.300 e. The van der Waals surface area contributed by atoms with E-state index in [1.807, 2.05) is 6.92 Å². The molecule has 0 saturated carbocycles. The number of hydrogen-bond donors (Lipinski definition) is 2. The van der Waals surface area contributed by atoms with Gasteiger partial charge in [-0.1, -0.05) is 48.0 Å². The molecule has 0 fully saturated rings. The van der Waals surface area contributed by atoms with Gasteiger partial charge in [-0.25, -0.2) is 26.4 Å². The number of aryl methyl sites for hydroxylation is 1. The van der Waals surface area contributed by atoms with E-state index in [4.69, 9.17) is 16.7 Å². The van der Waals surface area contributed by atoms with Crippen LogP contribution in [0.4, 0.5) is 10.2 Å². The van der Waals surface area contributed by atoms with Gasteiger partial charge in [0.15, 0.2) is 0 Å². The number of hydrogen-bond acceptors (Lipinski definition) is 4. The number of nitrogens with zero attached hydrogens (tertiary/aromatic N) is 1. The molecule has 7 nitrogen and oxygen atoms in total. The summed E-state index contributed by atoms with van der Waals surface area (Å²) in [5, 5.41) is 4.80. The maximum atomic E-state index is 13.4. The fourth-order valence-corrected chi connectivity index (χ4v) is 4.77. The third kappa shape index (κ3) is 6.23. The van der Waals surface area contributed by atoms with Crippen molar-refractivity contribution in [2.75, 3.05) is 4.72 Å². The third-order valence-corrected chi connectivity index (χ3v) is 7.19. The number of aromatic nitrogens is 1. The average molecular weight is 522 g/mol. The summed E-state index contributed by atoms with van der Waals surface area (Å²) in [6.45, 7) is 1.82. The van der Waals surface area contributed by atoms with Gasteiger partial charge in [-0.2, -0.15) is 0 Å². The Bertz CT molecular complexity index is 1490. The van der Waals surface area contributed by atoms with Gasteiger partial charge in [0.2, 0.25) is 10.0 Å². The maximum Gasteiger partial charge on any atom is 0.263 e.